The molecule has 0 bridgehead atoms. The third kappa shape index (κ3) is 4.07. The van der Waals surface area contributed by atoms with Gasteiger partial charge in [-0.25, -0.2) is 12.8 Å². The van der Waals surface area contributed by atoms with E-state index in [1.807, 2.05) is 0 Å². The van der Waals surface area contributed by atoms with Gasteiger partial charge in [0.25, 0.3) is 0 Å². The Balaban J connectivity index is 2.03. The standard InChI is InChI=1S/C15H18FNO5S/c1-10(14(18)17-7-6-11(8-17)15(19)20)9-23(21,22)13-4-2-12(16)3-5-13/h2-5,10-11H,6-9H2,1H3,(H,19,20)/t10-,11-/m0/s1. The van der Waals surface area contributed by atoms with E-state index in [0.717, 1.165) is 24.3 Å². The van der Waals surface area contributed by atoms with Gasteiger partial charge in [0.15, 0.2) is 9.84 Å². The number of rotatable bonds is 5. The number of benzene rings is 1. The minimum Gasteiger partial charge on any atom is -0.481 e. The summed E-state index contributed by atoms with van der Waals surface area (Å²) in [5.74, 6) is -3.65. The predicted molar refractivity (Wildman–Crippen MR) is 79.9 cm³/mol. The Morgan fingerprint density at radius 3 is 2.48 bits per heavy atom. The van der Waals surface area contributed by atoms with Crippen molar-refractivity contribution in [2.45, 2.75) is 18.2 Å². The smallest absolute Gasteiger partial charge is 0.308 e. The van der Waals surface area contributed by atoms with Gasteiger partial charge in [0, 0.05) is 19.0 Å². The molecular weight excluding hydrogens is 325 g/mol. The van der Waals surface area contributed by atoms with Crippen LogP contribution in [-0.2, 0) is 19.4 Å². The van der Waals surface area contributed by atoms with Crippen LogP contribution in [0.4, 0.5) is 4.39 Å². The average molecular weight is 343 g/mol. The van der Waals surface area contributed by atoms with Crippen LogP contribution in [0.2, 0.25) is 0 Å². The Hall–Kier alpha value is -1.96. The molecule has 1 N–H and O–H groups in total. The highest BCUT2D eigenvalue weighted by Gasteiger charge is 2.34. The van der Waals surface area contributed by atoms with E-state index in [0.29, 0.717) is 13.0 Å². The van der Waals surface area contributed by atoms with Crippen molar-refractivity contribution in [1.82, 2.24) is 4.90 Å². The van der Waals surface area contributed by atoms with Crippen LogP contribution in [0.1, 0.15) is 13.3 Å². The van der Waals surface area contributed by atoms with Crippen molar-refractivity contribution in [2.24, 2.45) is 11.8 Å². The van der Waals surface area contributed by atoms with Crippen LogP contribution in [0.5, 0.6) is 0 Å². The van der Waals surface area contributed by atoms with Crippen LogP contribution in [0, 0.1) is 17.7 Å². The van der Waals surface area contributed by atoms with Crippen molar-refractivity contribution in [3.05, 3.63) is 30.1 Å². The number of aliphatic carboxylic acids is 1. The Kier molecular flexibility index (Phi) is 5.03. The van der Waals surface area contributed by atoms with E-state index in [9.17, 15) is 22.4 Å². The Bertz CT molecular complexity index is 701. The minimum atomic E-state index is -3.71. The Morgan fingerprint density at radius 1 is 1.35 bits per heavy atom. The third-order valence-corrected chi connectivity index (χ3v) is 5.84. The summed E-state index contributed by atoms with van der Waals surface area (Å²) >= 11 is 0. The number of amides is 1. The molecule has 126 valence electrons. The normalized spacial score (nSPS) is 19.6. The number of likely N-dealkylation sites (tertiary alicyclic amines) is 1. The van der Waals surface area contributed by atoms with E-state index >= 15 is 0 Å². The van der Waals surface area contributed by atoms with Crippen molar-refractivity contribution in [2.75, 3.05) is 18.8 Å². The van der Waals surface area contributed by atoms with E-state index < -0.39 is 39.2 Å². The molecule has 0 saturated carbocycles. The summed E-state index contributed by atoms with van der Waals surface area (Å²) < 4.78 is 37.4. The second kappa shape index (κ2) is 6.66. The van der Waals surface area contributed by atoms with Crippen molar-refractivity contribution >= 4 is 21.7 Å². The van der Waals surface area contributed by atoms with Crippen LogP contribution < -0.4 is 0 Å². The zero-order valence-electron chi connectivity index (χ0n) is 12.6. The molecule has 1 aromatic carbocycles. The van der Waals surface area contributed by atoms with E-state index in [4.69, 9.17) is 5.11 Å². The van der Waals surface area contributed by atoms with Crippen LogP contribution >= 0.6 is 0 Å². The molecule has 0 unspecified atom stereocenters. The molecule has 1 heterocycles. The summed E-state index contributed by atoms with van der Waals surface area (Å²) in [6.07, 6.45) is 0.374. The molecule has 23 heavy (non-hydrogen) atoms. The van der Waals surface area contributed by atoms with E-state index in [1.54, 1.807) is 0 Å². The molecule has 2 rings (SSSR count). The highest BCUT2D eigenvalue weighted by Crippen LogP contribution is 2.21. The highest BCUT2D eigenvalue weighted by atomic mass is 32.2. The Morgan fingerprint density at radius 2 is 1.96 bits per heavy atom. The monoisotopic (exact) mass is 343 g/mol. The van der Waals surface area contributed by atoms with Crippen LogP contribution in [0.25, 0.3) is 0 Å². The first-order valence-corrected chi connectivity index (χ1v) is 8.86. The SMILES string of the molecule is C[C@@H](CS(=O)(=O)c1ccc(F)cc1)C(=O)N1CC[C@H](C(=O)O)C1. The summed E-state index contributed by atoms with van der Waals surface area (Å²) in [6, 6.07) is 4.44. The van der Waals surface area contributed by atoms with Gasteiger partial charge < -0.3 is 10.0 Å². The maximum atomic E-state index is 12.9. The van der Waals surface area contributed by atoms with Crippen molar-refractivity contribution in [1.29, 1.82) is 0 Å². The molecule has 0 spiro atoms. The number of halogens is 1. The average Bonchev–Trinajstić information content (AvgIpc) is 2.96. The van der Waals surface area contributed by atoms with Gasteiger partial charge >= 0.3 is 5.97 Å². The van der Waals surface area contributed by atoms with E-state index in [1.165, 1.54) is 11.8 Å². The fraction of sp³-hybridized carbons (Fsp3) is 0.467. The van der Waals surface area contributed by atoms with Gasteiger partial charge in [0.1, 0.15) is 5.82 Å². The van der Waals surface area contributed by atoms with Gasteiger partial charge in [-0.1, -0.05) is 6.92 Å². The predicted octanol–water partition coefficient (Wildman–Crippen LogP) is 1.17. The van der Waals surface area contributed by atoms with Crippen LogP contribution in [0.3, 0.4) is 0 Å². The number of nitrogens with zero attached hydrogens (tertiary/aromatic N) is 1. The maximum Gasteiger partial charge on any atom is 0.308 e. The van der Waals surface area contributed by atoms with Gasteiger partial charge in [-0.05, 0) is 30.7 Å². The molecule has 1 amide bonds. The number of carboxylic acid groups (broad SMARTS) is 1. The summed E-state index contributed by atoms with van der Waals surface area (Å²) in [4.78, 5) is 24.6. The molecule has 8 heteroatoms. The number of carboxylic acids is 1. The molecule has 0 aromatic heterocycles. The molecule has 6 nitrogen and oxygen atoms in total. The number of hydrogen-bond acceptors (Lipinski definition) is 4. The van der Waals surface area contributed by atoms with Crippen LogP contribution in [-0.4, -0.2) is 49.1 Å². The second-order valence-corrected chi connectivity index (χ2v) is 7.78. The fourth-order valence-corrected chi connectivity index (χ4v) is 4.16. The molecule has 1 fully saturated rings. The summed E-state index contributed by atoms with van der Waals surface area (Å²) in [5, 5.41) is 8.94. The number of carbonyl (C=O) groups excluding carboxylic acids is 1. The lowest BCUT2D eigenvalue weighted by Gasteiger charge is -2.20. The third-order valence-electron chi connectivity index (χ3n) is 3.91. The lowest BCUT2D eigenvalue weighted by atomic mass is 10.1. The zero-order chi connectivity index (χ0) is 17.2. The molecule has 2 atom stereocenters. The number of sulfone groups is 1. The number of hydrogen-bond donors (Lipinski definition) is 1. The topological polar surface area (TPSA) is 91.8 Å². The molecule has 1 saturated heterocycles. The second-order valence-electron chi connectivity index (χ2n) is 5.74. The summed E-state index contributed by atoms with van der Waals surface area (Å²) in [5.41, 5.74) is 0. The van der Waals surface area contributed by atoms with Crippen LogP contribution in [0.15, 0.2) is 29.2 Å². The zero-order valence-corrected chi connectivity index (χ0v) is 13.4. The van der Waals surface area contributed by atoms with Gasteiger partial charge in [0.05, 0.1) is 16.6 Å². The quantitative estimate of drug-likeness (QED) is 0.810. The lowest BCUT2D eigenvalue weighted by molar-refractivity contribution is -0.141. The number of carbonyl (C=O) groups is 2. The van der Waals surface area contributed by atoms with E-state index in [2.05, 4.69) is 0 Å². The van der Waals surface area contributed by atoms with Crippen molar-refractivity contribution in [3.8, 4) is 0 Å². The van der Waals surface area contributed by atoms with Crippen molar-refractivity contribution in [3.63, 3.8) is 0 Å². The Labute approximate surface area is 133 Å². The molecule has 1 aliphatic rings. The molecule has 1 aromatic rings. The highest BCUT2D eigenvalue weighted by molar-refractivity contribution is 7.91. The van der Waals surface area contributed by atoms with Gasteiger partial charge in [-0.3, -0.25) is 9.59 Å². The fourth-order valence-electron chi connectivity index (χ4n) is 2.61. The van der Waals surface area contributed by atoms with E-state index in [-0.39, 0.29) is 17.3 Å². The molecule has 0 aliphatic carbocycles. The van der Waals surface area contributed by atoms with Gasteiger partial charge in [-0.2, -0.15) is 0 Å². The largest absolute Gasteiger partial charge is 0.481 e. The van der Waals surface area contributed by atoms with Crippen molar-refractivity contribution < 1.29 is 27.5 Å². The maximum absolute atomic E-state index is 12.9. The minimum absolute atomic E-state index is 0.0385. The summed E-state index contributed by atoms with van der Waals surface area (Å²) in [6.45, 7) is 1.92. The first kappa shape index (κ1) is 17.4. The van der Waals surface area contributed by atoms with Gasteiger partial charge in [-0.15, -0.1) is 0 Å². The molecule has 1 aliphatic heterocycles. The first-order chi connectivity index (χ1) is 10.7. The molecule has 0 radical (unpaired) electrons. The lowest BCUT2D eigenvalue weighted by Crippen LogP contribution is -2.36. The first-order valence-electron chi connectivity index (χ1n) is 7.20. The summed E-state index contributed by atoms with van der Waals surface area (Å²) in [7, 11) is -3.71. The molecular formula is C15H18FNO5S. The van der Waals surface area contributed by atoms with Gasteiger partial charge in [0.2, 0.25) is 5.91 Å².